The van der Waals surface area contributed by atoms with Gasteiger partial charge in [-0.25, -0.2) is 0 Å². The molecule has 0 radical (unpaired) electrons. The molecule has 0 bridgehead atoms. The van der Waals surface area contributed by atoms with Gasteiger partial charge in [-0.2, -0.15) is 0 Å². The molecular formula is C11H13ClN2OS. The Kier molecular flexibility index (Phi) is 3.30. The lowest BCUT2D eigenvalue weighted by molar-refractivity contribution is -0.115. The lowest BCUT2D eigenvalue weighted by atomic mass is 10.2. The van der Waals surface area contributed by atoms with Gasteiger partial charge in [0.2, 0.25) is 5.91 Å². The summed E-state index contributed by atoms with van der Waals surface area (Å²) in [4.78, 5) is 14.6. The Bertz CT molecular complexity index is 424. The van der Waals surface area contributed by atoms with Crippen molar-refractivity contribution in [2.45, 2.75) is 17.1 Å². The lowest BCUT2D eigenvalue weighted by Crippen LogP contribution is -2.26. The number of hydrogen-bond acceptors (Lipinski definition) is 3. The molecular weight excluding hydrogens is 244 g/mol. The predicted octanol–water partition coefficient (Wildman–Crippen LogP) is 2.75. The quantitative estimate of drug-likeness (QED) is 0.652. The van der Waals surface area contributed by atoms with E-state index in [9.17, 15) is 4.79 Å². The lowest BCUT2D eigenvalue weighted by Gasteiger charge is -2.24. The van der Waals surface area contributed by atoms with Crippen LogP contribution in [0.15, 0.2) is 23.1 Å². The molecule has 0 aromatic heterocycles. The third kappa shape index (κ3) is 2.13. The van der Waals surface area contributed by atoms with E-state index in [0.717, 1.165) is 16.3 Å². The Morgan fingerprint density at radius 2 is 2.31 bits per heavy atom. The number of fused-ring (bicyclic) bond motifs is 1. The van der Waals surface area contributed by atoms with Gasteiger partial charge in [0.15, 0.2) is 0 Å². The van der Waals surface area contributed by atoms with Crippen LogP contribution < -0.4 is 10.2 Å². The van der Waals surface area contributed by atoms with Crippen LogP contribution in [0.2, 0.25) is 0 Å². The van der Waals surface area contributed by atoms with E-state index < -0.39 is 0 Å². The molecule has 1 amide bonds. The highest BCUT2D eigenvalue weighted by Crippen LogP contribution is 2.37. The van der Waals surface area contributed by atoms with Crippen LogP contribution in [0.1, 0.15) is 6.92 Å². The molecule has 0 saturated heterocycles. The minimum absolute atomic E-state index is 0.0240. The fourth-order valence-corrected chi connectivity index (χ4v) is 2.57. The third-order valence-corrected chi connectivity index (χ3v) is 4.05. The predicted molar refractivity (Wildman–Crippen MR) is 69.5 cm³/mol. The Balaban J connectivity index is 2.32. The summed E-state index contributed by atoms with van der Waals surface area (Å²) in [6.45, 7) is 1.90. The molecule has 5 heteroatoms. The van der Waals surface area contributed by atoms with E-state index in [4.69, 9.17) is 11.6 Å². The molecule has 86 valence electrons. The third-order valence-electron chi connectivity index (χ3n) is 2.51. The first-order valence-electron chi connectivity index (χ1n) is 5.00. The number of thioether (sulfide) groups is 1. The second-order valence-corrected chi connectivity index (χ2v) is 5.37. The number of benzene rings is 1. The molecule has 1 aliphatic heterocycles. The molecule has 0 aliphatic carbocycles. The number of nitrogens with one attached hydrogen (secondary N) is 1. The van der Waals surface area contributed by atoms with E-state index in [-0.39, 0.29) is 11.2 Å². The van der Waals surface area contributed by atoms with E-state index in [0.29, 0.717) is 6.00 Å². The molecule has 1 heterocycles. The van der Waals surface area contributed by atoms with Gasteiger partial charge < -0.3 is 10.2 Å². The number of carbonyl (C=O) groups is 1. The number of nitrogens with zero attached hydrogens (tertiary/aromatic N) is 1. The van der Waals surface area contributed by atoms with Crippen LogP contribution in [-0.2, 0) is 4.79 Å². The zero-order valence-corrected chi connectivity index (χ0v) is 10.7. The van der Waals surface area contributed by atoms with E-state index in [1.54, 1.807) is 11.8 Å². The Labute approximate surface area is 104 Å². The van der Waals surface area contributed by atoms with Crippen molar-refractivity contribution in [3.8, 4) is 0 Å². The molecule has 1 atom stereocenters. The molecule has 1 N–H and O–H groups in total. The van der Waals surface area contributed by atoms with Crippen LogP contribution in [0, 0.1) is 0 Å². The fraction of sp³-hybridized carbons (Fsp3) is 0.364. The van der Waals surface area contributed by atoms with Crippen LogP contribution in [0.3, 0.4) is 0 Å². The molecule has 1 aromatic rings. The van der Waals surface area contributed by atoms with Crippen molar-refractivity contribution in [2.24, 2.45) is 0 Å². The van der Waals surface area contributed by atoms with Gasteiger partial charge in [0.05, 0.1) is 16.9 Å². The molecule has 16 heavy (non-hydrogen) atoms. The highest BCUT2D eigenvalue weighted by Gasteiger charge is 2.23. The summed E-state index contributed by atoms with van der Waals surface area (Å²) in [5.41, 5.74) is 1.88. The fourth-order valence-electron chi connectivity index (χ4n) is 1.50. The molecule has 0 fully saturated rings. The summed E-state index contributed by atoms with van der Waals surface area (Å²) in [7, 11) is 1.91. The Hall–Kier alpha value is -0.870. The van der Waals surface area contributed by atoms with Gasteiger partial charge in [-0.3, -0.25) is 4.79 Å². The topological polar surface area (TPSA) is 32.3 Å². The number of hydrogen-bond donors (Lipinski definition) is 1. The smallest absolute Gasteiger partial charge is 0.237 e. The number of halogens is 1. The molecule has 1 aliphatic rings. The summed E-state index contributed by atoms with van der Waals surface area (Å²) < 4.78 is 0. The van der Waals surface area contributed by atoms with Crippen LogP contribution in [-0.4, -0.2) is 24.2 Å². The summed E-state index contributed by atoms with van der Waals surface area (Å²) >= 11 is 7.34. The highest BCUT2D eigenvalue weighted by molar-refractivity contribution is 8.00. The number of anilines is 2. The summed E-state index contributed by atoms with van der Waals surface area (Å²) in [6, 6.07) is 6.41. The van der Waals surface area contributed by atoms with Crippen molar-refractivity contribution in [1.82, 2.24) is 0 Å². The van der Waals surface area contributed by atoms with Gasteiger partial charge in [-0.15, -0.1) is 23.4 Å². The second-order valence-electron chi connectivity index (χ2n) is 3.75. The van der Waals surface area contributed by atoms with Gasteiger partial charge in [0.25, 0.3) is 0 Å². The van der Waals surface area contributed by atoms with E-state index in [1.165, 1.54) is 0 Å². The zero-order chi connectivity index (χ0) is 11.7. The van der Waals surface area contributed by atoms with E-state index >= 15 is 0 Å². The summed E-state index contributed by atoms with van der Waals surface area (Å²) in [5, 5.41) is 2.88. The molecule has 1 aromatic carbocycles. The summed E-state index contributed by atoms with van der Waals surface area (Å²) in [5.74, 6) is 0.0585. The maximum atomic E-state index is 11.5. The monoisotopic (exact) mass is 256 g/mol. The highest BCUT2D eigenvalue weighted by atomic mass is 35.5. The van der Waals surface area contributed by atoms with Gasteiger partial charge in [-0.1, -0.05) is 0 Å². The number of amides is 1. The van der Waals surface area contributed by atoms with Gasteiger partial charge in [-0.05, 0) is 25.1 Å². The SMILES string of the molecule is CC1Sc2ccc(N(C)CCl)cc2NC1=O. The zero-order valence-electron chi connectivity index (χ0n) is 9.16. The van der Waals surface area contributed by atoms with E-state index in [2.05, 4.69) is 5.32 Å². The molecule has 3 nitrogen and oxygen atoms in total. The van der Waals surface area contributed by atoms with Crippen molar-refractivity contribution >= 4 is 40.6 Å². The molecule has 0 saturated carbocycles. The normalized spacial score (nSPS) is 18.9. The average molecular weight is 257 g/mol. The van der Waals surface area contributed by atoms with Crippen molar-refractivity contribution in [3.05, 3.63) is 18.2 Å². The number of carbonyl (C=O) groups excluding carboxylic acids is 1. The maximum Gasteiger partial charge on any atom is 0.237 e. The number of rotatable bonds is 2. The first-order valence-corrected chi connectivity index (χ1v) is 6.42. The van der Waals surface area contributed by atoms with Crippen molar-refractivity contribution < 1.29 is 4.79 Å². The van der Waals surface area contributed by atoms with Crippen molar-refractivity contribution in [2.75, 3.05) is 23.3 Å². The first kappa shape index (κ1) is 11.6. The van der Waals surface area contributed by atoms with Gasteiger partial charge in [0.1, 0.15) is 0 Å². The van der Waals surface area contributed by atoms with Gasteiger partial charge in [0, 0.05) is 17.6 Å². The number of alkyl halides is 1. The van der Waals surface area contributed by atoms with Crippen molar-refractivity contribution in [3.63, 3.8) is 0 Å². The minimum atomic E-state index is -0.0240. The standard InChI is InChI=1S/C11H13ClN2OS/c1-7-11(15)13-9-5-8(14(2)6-12)3-4-10(9)16-7/h3-5,7H,6H2,1-2H3,(H,13,15). The summed E-state index contributed by atoms with van der Waals surface area (Å²) in [6.07, 6.45) is 0. The minimum Gasteiger partial charge on any atom is -0.361 e. The van der Waals surface area contributed by atoms with Crippen LogP contribution >= 0.6 is 23.4 Å². The van der Waals surface area contributed by atoms with Crippen LogP contribution in [0.25, 0.3) is 0 Å². The van der Waals surface area contributed by atoms with Crippen molar-refractivity contribution in [1.29, 1.82) is 0 Å². The van der Waals surface area contributed by atoms with Crippen LogP contribution in [0.4, 0.5) is 11.4 Å². The molecule has 1 unspecified atom stereocenters. The second kappa shape index (κ2) is 4.55. The Morgan fingerprint density at radius 1 is 1.56 bits per heavy atom. The maximum absolute atomic E-state index is 11.5. The molecule has 2 rings (SSSR count). The molecule has 0 spiro atoms. The van der Waals surface area contributed by atoms with E-state index in [1.807, 2.05) is 37.1 Å². The van der Waals surface area contributed by atoms with Crippen LogP contribution in [0.5, 0.6) is 0 Å². The van der Waals surface area contributed by atoms with Gasteiger partial charge >= 0.3 is 0 Å². The Morgan fingerprint density at radius 3 is 3.00 bits per heavy atom. The average Bonchev–Trinajstić information content (AvgIpc) is 2.29. The first-order chi connectivity index (χ1) is 7.61. The largest absolute Gasteiger partial charge is 0.361 e.